The molecule has 1 N–H and O–H groups in total. The minimum absolute atomic E-state index is 0.0463. The molecule has 1 aromatic carbocycles. The summed E-state index contributed by atoms with van der Waals surface area (Å²) >= 11 is 0. The number of ether oxygens (including phenoxy) is 3. The Morgan fingerprint density at radius 1 is 1.24 bits per heavy atom. The Morgan fingerprint density at radius 2 is 2.03 bits per heavy atom. The van der Waals surface area contributed by atoms with Crippen LogP contribution in [0.1, 0.15) is 60.1 Å². The summed E-state index contributed by atoms with van der Waals surface area (Å²) in [6.45, 7) is 6.37. The normalized spacial score (nSPS) is 25.7. The Kier molecular flexibility index (Phi) is 4.59. The molecule has 0 radical (unpaired) electrons. The third kappa shape index (κ3) is 3.32. The van der Waals surface area contributed by atoms with E-state index in [0.29, 0.717) is 38.4 Å². The standard InChI is InChI=1S/C22H27N3O4/c1-14-11-17-19(15(2)28-14)23-24-20(17)21(26)25-12-16-5-3-4-6-18(16)29-22(13-25)7-9-27-10-8-22/h3-6,14-15H,7-13H2,1-2H3,(H,23,24)/t14-,15+/m1/s1. The van der Waals surface area contributed by atoms with Crippen molar-refractivity contribution < 1.29 is 19.0 Å². The highest BCUT2D eigenvalue weighted by atomic mass is 16.5. The van der Waals surface area contributed by atoms with Crippen LogP contribution in [0.5, 0.6) is 5.75 Å². The first-order valence-electron chi connectivity index (χ1n) is 10.4. The minimum Gasteiger partial charge on any atom is -0.485 e. The van der Waals surface area contributed by atoms with Crippen molar-refractivity contribution in [3.8, 4) is 5.75 Å². The van der Waals surface area contributed by atoms with E-state index in [4.69, 9.17) is 14.2 Å². The molecule has 5 rings (SSSR count). The van der Waals surface area contributed by atoms with E-state index in [0.717, 1.165) is 35.4 Å². The molecule has 1 aromatic heterocycles. The maximum atomic E-state index is 13.7. The van der Waals surface area contributed by atoms with E-state index in [1.54, 1.807) is 0 Å². The number of hydrogen-bond acceptors (Lipinski definition) is 5. The fourth-order valence-electron chi connectivity index (χ4n) is 4.76. The average Bonchev–Trinajstić information content (AvgIpc) is 3.06. The Labute approximate surface area is 170 Å². The minimum atomic E-state index is -0.416. The zero-order valence-corrected chi connectivity index (χ0v) is 16.9. The fourth-order valence-corrected chi connectivity index (χ4v) is 4.76. The third-order valence-electron chi connectivity index (χ3n) is 6.27. The van der Waals surface area contributed by atoms with E-state index in [9.17, 15) is 4.79 Å². The molecule has 2 atom stereocenters. The fraction of sp³-hybridized carbons (Fsp3) is 0.545. The lowest BCUT2D eigenvalue weighted by atomic mass is 9.93. The van der Waals surface area contributed by atoms with Crippen molar-refractivity contribution >= 4 is 5.91 Å². The van der Waals surface area contributed by atoms with Crippen LogP contribution in [0.25, 0.3) is 0 Å². The van der Waals surface area contributed by atoms with E-state index < -0.39 is 5.60 Å². The van der Waals surface area contributed by atoms with E-state index in [1.807, 2.05) is 43.0 Å². The lowest BCUT2D eigenvalue weighted by Gasteiger charge is -2.38. The van der Waals surface area contributed by atoms with E-state index in [-0.39, 0.29) is 18.1 Å². The lowest BCUT2D eigenvalue weighted by molar-refractivity contribution is -0.0551. The van der Waals surface area contributed by atoms with Crippen LogP contribution in [0.2, 0.25) is 0 Å². The second-order valence-corrected chi connectivity index (χ2v) is 8.42. The van der Waals surface area contributed by atoms with Crippen LogP contribution >= 0.6 is 0 Å². The quantitative estimate of drug-likeness (QED) is 0.801. The third-order valence-corrected chi connectivity index (χ3v) is 6.27. The molecule has 0 aliphatic carbocycles. The summed E-state index contributed by atoms with van der Waals surface area (Å²) in [4.78, 5) is 15.6. The van der Waals surface area contributed by atoms with Crippen molar-refractivity contribution in [2.45, 2.75) is 57.5 Å². The highest BCUT2D eigenvalue weighted by Gasteiger charge is 2.42. The van der Waals surface area contributed by atoms with Gasteiger partial charge in [0.2, 0.25) is 0 Å². The Balaban J connectivity index is 1.51. The number of carbonyl (C=O) groups excluding carboxylic acids is 1. The number of H-pyrrole nitrogens is 1. The summed E-state index contributed by atoms with van der Waals surface area (Å²) in [7, 11) is 0. The molecular formula is C22H27N3O4. The highest BCUT2D eigenvalue weighted by molar-refractivity contribution is 5.94. The van der Waals surface area contributed by atoms with Gasteiger partial charge in [0.1, 0.15) is 11.4 Å². The van der Waals surface area contributed by atoms with Crippen LogP contribution in [0, 0.1) is 0 Å². The topological polar surface area (TPSA) is 76.7 Å². The van der Waals surface area contributed by atoms with Crippen molar-refractivity contribution in [3.63, 3.8) is 0 Å². The van der Waals surface area contributed by atoms with Crippen LogP contribution < -0.4 is 4.74 Å². The van der Waals surface area contributed by atoms with Crippen molar-refractivity contribution in [1.29, 1.82) is 0 Å². The number of nitrogens with zero attached hydrogens (tertiary/aromatic N) is 2. The van der Waals surface area contributed by atoms with Gasteiger partial charge in [-0.3, -0.25) is 9.89 Å². The molecular weight excluding hydrogens is 370 g/mol. The SMILES string of the molecule is C[C@@H]1Cc2c(C(=O)N3Cc4ccccc4OC4(CCOCC4)C3)n[nH]c2[C@H](C)O1. The van der Waals surface area contributed by atoms with Crippen molar-refractivity contribution in [1.82, 2.24) is 15.1 Å². The number of benzene rings is 1. The Hall–Kier alpha value is -2.38. The number of fused-ring (bicyclic) bond motifs is 2. The average molecular weight is 397 g/mol. The summed E-state index contributed by atoms with van der Waals surface area (Å²) in [6.07, 6.45) is 2.21. The first-order valence-corrected chi connectivity index (χ1v) is 10.4. The first kappa shape index (κ1) is 18.6. The molecule has 1 saturated heterocycles. The van der Waals surface area contributed by atoms with Crippen molar-refractivity contribution in [3.05, 3.63) is 46.8 Å². The molecule has 3 aliphatic heterocycles. The Bertz CT molecular complexity index is 919. The number of aromatic nitrogens is 2. The predicted molar refractivity (Wildman–Crippen MR) is 106 cm³/mol. The molecule has 1 amide bonds. The number of para-hydroxylation sites is 1. The molecule has 154 valence electrons. The molecule has 0 saturated carbocycles. The molecule has 3 aliphatic rings. The maximum absolute atomic E-state index is 13.7. The van der Waals surface area contributed by atoms with Gasteiger partial charge in [-0.2, -0.15) is 5.10 Å². The molecule has 7 nitrogen and oxygen atoms in total. The van der Waals surface area contributed by atoms with Gasteiger partial charge in [0.05, 0.1) is 37.7 Å². The number of rotatable bonds is 1. The monoisotopic (exact) mass is 397 g/mol. The van der Waals surface area contributed by atoms with Crippen LogP contribution in [0.15, 0.2) is 24.3 Å². The van der Waals surface area contributed by atoms with Gasteiger partial charge in [0.15, 0.2) is 5.69 Å². The largest absolute Gasteiger partial charge is 0.485 e. The van der Waals surface area contributed by atoms with Crippen molar-refractivity contribution in [2.75, 3.05) is 19.8 Å². The summed E-state index contributed by atoms with van der Waals surface area (Å²) in [5, 5.41) is 7.46. The van der Waals surface area contributed by atoms with Gasteiger partial charge in [-0.05, 0) is 19.9 Å². The second-order valence-electron chi connectivity index (χ2n) is 8.42. The zero-order valence-electron chi connectivity index (χ0n) is 16.9. The molecule has 0 bridgehead atoms. The molecule has 29 heavy (non-hydrogen) atoms. The van der Waals surface area contributed by atoms with Gasteiger partial charge in [-0.1, -0.05) is 18.2 Å². The number of aromatic amines is 1. The molecule has 1 spiro atoms. The summed E-state index contributed by atoms with van der Waals surface area (Å²) in [6, 6.07) is 8.00. The molecule has 1 fully saturated rings. The summed E-state index contributed by atoms with van der Waals surface area (Å²) < 4.78 is 18.0. The van der Waals surface area contributed by atoms with Gasteiger partial charge >= 0.3 is 0 Å². The first-order chi connectivity index (χ1) is 14.0. The summed E-state index contributed by atoms with van der Waals surface area (Å²) in [5.41, 5.74) is 3.03. The van der Waals surface area contributed by atoms with Crippen LogP contribution in [0.4, 0.5) is 0 Å². The lowest BCUT2D eigenvalue weighted by Crippen LogP contribution is -2.51. The van der Waals surface area contributed by atoms with E-state index >= 15 is 0 Å². The van der Waals surface area contributed by atoms with Gasteiger partial charge in [0.25, 0.3) is 5.91 Å². The predicted octanol–water partition coefficient (Wildman–Crippen LogP) is 3.02. The molecule has 2 aromatic rings. The molecule has 7 heteroatoms. The van der Waals surface area contributed by atoms with Gasteiger partial charge < -0.3 is 19.1 Å². The van der Waals surface area contributed by atoms with Gasteiger partial charge in [-0.15, -0.1) is 0 Å². The number of hydrogen-bond donors (Lipinski definition) is 1. The second kappa shape index (κ2) is 7.15. The Morgan fingerprint density at radius 3 is 2.86 bits per heavy atom. The molecule has 0 unspecified atom stereocenters. The highest BCUT2D eigenvalue weighted by Crippen LogP contribution is 2.36. The van der Waals surface area contributed by atoms with Crippen LogP contribution in [-0.2, 0) is 22.4 Å². The zero-order chi connectivity index (χ0) is 20.0. The van der Waals surface area contributed by atoms with Gasteiger partial charge in [0, 0.05) is 36.9 Å². The van der Waals surface area contributed by atoms with Crippen molar-refractivity contribution in [2.24, 2.45) is 0 Å². The maximum Gasteiger partial charge on any atom is 0.275 e. The number of amides is 1. The van der Waals surface area contributed by atoms with Gasteiger partial charge in [-0.25, -0.2) is 0 Å². The smallest absolute Gasteiger partial charge is 0.275 e. The number of nitrogens with one attached hydrogen (secondary N) is 1. The molecule has 4 heterocycles. The van der Waals surface area contributed by atoms with E-state index in [1.165, 1.54) is 0 Å². The summed E-state index contributed by atoms with van der Waals surface area (Å²) in [5.74, 6) is 0.819. The van der Waals surface area contributed by atoms with Crippen LogP contribution in [-0.4, -0.2) is 52.5 Å². The van der Waals surface area contributed by atoms with E-state index in [2.05, 4.69) is 10.2 Å². The van der Waals surface area contributed by atoms with Crippen LogP contribution in [0.3, 0.4) is 0 Å². The number of carbonyl (C=O) groups is 1.